The zero-order chi connectivity index (χ0) is 34.9. The third-order valence-electron chi connectivity index (χ3n) is 10.2. The van der Waals surface area contributed by atoms with Crippen molar-refractivity contribution in [3.63, 3.8) is 0 Å². The van der Waals surface area contributed by atoms with Gasteiger partial charge in [-0.3, -0.25) is 14.3 Å². The van der Waals surface area contributed by atoms with Crippen molar-refractivity contribution in [2.24, 2.45) is 17.8 Å². The van der Waals surface area contributed by atoms with Crippen LogP contribution in [0.3, 0.4) is 0 Å². The van der Waals surface area contributed by atoms with Crippen molar-refractivity contribution in [3.8, 4) is 0 Å². The van der Waals surface area contributed by atoms with Crippen LogP contribution in [-0.4, -0.2) is 98.1 Å². The van der Waals surface area contributed by atoms with E-state index in [1.165, 1.54) is 15.4 Å². The number of aromatic nitrogens is 6. The van der Waals surface area contributed by atoms with Crippen LogP contribution in [0.5, 0.6) is 0 Å². The Kier molecular flexibility index (Phi) is 10.2. The Labute approximate surface area is 280 Å². The molecule has 0 radical (unpaired) electrons. The van der Waals surface area contributed by atoms with Crippen LogP contribution in [0.2, 0.25) is 0 Å². The van der Waals surface area contributed by atoms with E-state index in [4.69, 9.17) is 19.8 Å². The summed E-state index contributed by atoms with van der Waals surface area (Å²) in [4.78, 5) is 38.2. The van der Waals surface area contributed by atoms with Gasteiger partial charge in [-0.05, 0) is 51.1 Å². The lowest BCUT2D eigenvalue weighted by Crippen LogP contribution is -2.47. The number of rotatable bonds is 11. The number of imidazole rings is 1. The fourth-order valence-electron chi connectivity index (χ4n) is 7.37. The highest BCUT2D eigenvalue weighted by atomic mass is 19.4. The van der Waals surface area contributed by atoms with Gasteiger partial charge in [-0.25, -0.2) is 23.3 Å². The largest absolute Gasteiger partial charge is 0.393 e. The van der Waals surface area contributed by atoms with Gasteiger partial charge >= 0.3 is 6.18 Å². The number of likely N-dealkylation sites (tertiary alicyclic amines) is 1. The molecule has 0 bridgehead atoms. The molecule has 0 aromatic carbocycles. The number of methoxy groups -OCH3 is 1. The van der Waals surface area contributed by atoms with Crippen LogP contribution in [0.4, 0.5) is 22.0 Å². The van der Waals surface area contributed by atoms with E-state index < -0.39 is 48.3 Å². The summed E-state index contributed by atoms with van der Waals surface area (Å²) in [6.07, 6.45) is -1.36. The van der Waals surface area contributed by atoms with Gasteiger partial charge in [0.05, 0.1) is 41.8 Å². The molecule has 2 saturated heterocycles. The van der Waals surface area contributed by atoms with E-state index in [0.717, 1.165) is 13.0 Å². The molecule has 3 aliphatic rings. The highest BCUT2D eigenvalue weighted by Gasteiger charge is 2.45. The van der Waals surface area contributed by atoms with Crippen molar-refractivity contribution in [3.05, 3.63) is 41.2 Å². The Bertz CT molecular complexity index is 1630. The van der Waals surface area contributed by atoms with E-state index in [-0.39, 0.29) is 56.1 Å². The minimum absolute atomic E-state index is 0.0440. The van der Waals surface area contributed by atoms with Gasteiger partial charge in [0.2, 0.25) is 11.8 Å². The molecule has 1 aliphatic carbocycles. The first-order valence-corrected chi connectivity index (χ1v) is 16.9. The minimum atomic E-state index is -4.45. The van der Waals surface area contributed by atoms with Gasteiger partial charge in [-0.1, -0.05) is 0 Å². The number of hydrogen-bond acceptors (Lipinski definition) is 8. The van der Waals surface area contributed by atoms with Crippen LogP contribution in [0.1, 0.15) is 85.0 Å². The highest BCUT2D eigenvalue weighted by molar-refractivity contribution is 5.92. The molecule has 49 heavy (non-hydrogen) atoms. The molecule has 3 aromatic rings. The first-order valence-electron chi connectivity index (χ1n) is 16.9. The molecule has 3 fully saturated rings. The molecular formula is C32H42F5N9O3. The fourth-order valence-corrected chi connectivity index (χ4v) is 7.37. The van der Waals surface area contributed by atoms with Crippen molar-refractivity contribution in [1.29, 1.82) is 0 Å². The molecule has 2 amide bonds. The SMILES string of the molecule is CCn1nccc1C(=O)N[C@H](c1cn2nc(C[C@H]3C[C@@H](C(F)(F)F)CNC3=O)c(C3CCN(CCOC)C3)nc2n1)C1CCC(F)(F)CC1. The zero-order valence-electron chi connectivity index (χ0n) is 27.6. The van der Waals surface area contributed by atoms with Gasteiger partial charge in [0.25, 0.3) is 11.7 Å². The predicted molar refractivity (Wildman–Crippen MR) is 166 cm³/mol. The maximum absolute atomic E-state index is 14.2. The Hall–Kier alpha value is -3.73. The van der Waals surface area contributed by atoms with Crippen LogP contribution in [0.25, 0.3) is 5.78 Å². The van der Waals surface area contributed by atoms with Crippen molar-refractivity contribution < 1.29 is 36.3 Å². The molecule has 1 unspecified atom stereocenters. The maximum atomic E-state index is 14.2. The highest BCUT2D eigenvalue weighted by Crippen LogP contribution is 2.42. The van der Waals surface area contributed by atoms with Gasteiger partial charge in [0.1, 0.15) is 5.69 Å². The van der Waals surface area contributed by atoms with E-state index >= 15 is 0 Å². The summed E-state index contributed by atoms with van der Waals surface area (Å²) < 4.78 is 77.6. The second-order valence-corrected chi connectivity index (χ2v) is 13.4. The van der Waals surface area contributed by atoms with Crippen molar-refractivity contribution in [2.75, 3.05) is 39.9 Å². The van der Waals surface area contributed by atoms with Crippen LogP contribution in [-0.2, 0) is 22.5 Å². The molecule has 6 rings (SSSR count). The lowest BCUT2D eigenvalue weighted by molar-refractivity contribution is -0.183. The number of ether oxygens (including phenoxy) is 1. The summed E-state index contributed by atoms with van der Waals surface area (Å²) in [6, 6.07) is 0.838. The average Bonchev–Trinajstić information content (AvgIpc) is 3.82. The standard InChI is InChI=1S/C32H42F5N9O3/c1-3-45-25(6-10-39-45)29(48)41-26(19-4-8-31(33,34)9-5-19)24-18-46-30(40-24)42-27(20-7-11-44(17-20)12-13-49-2)23(43-46)15-21-14-22(32(35,36)37)16-38-28(21)47/h6,10,18-22,26H,3-5,7-9,11-17H2,1-2H3,(H,38,47)(H,41,48)/t20?,21-,22-,26+/m1/s1. The van der Waals surface area contributed by atoms with E-state index in [1.54, 1.807) is 19.4 Å². The van der Waals surface area contributed by atoms with Crippen LogP contribution in [0.15, 0.2) is 18.5 Å². The number of nitrogens with zero attached hydrogens (tertiary/aromatic N) is 7. The Morgan fingerprint density at radius 3 is 2.69 bits per heavy atom. The molecule has 3 aromatic heterocycles. The molecule has 12 nitrogen and oxygen atoms in total. The number of amides is 2. The third-order valence-corrected chi connectivity index (χ3v) is 10.2. The zero-order valence-corrected chi connectivity index (χ0v) is 27.6. The lowest BCUT2D eigenvalue weighted by Gasteiger charge is -2.33. The molecule has 0 spiro atoms. The van der Waals surface area contributed by atoms with Crippen molar-refractivity contribution >= 4 is 17.6 Å². The van der Waals surface area contributed by atoms with Gasteiger partial charge in [0, 0.05) is 70.6 Å². The summed E-state index contributed by atoms with van der Waals surface area (Å²) in [7, 11) is 1.62. The minimum Gasteiger partial charge on any atom is -0.383 e. The molecule has 4 atom stereocenters. The van der Waals surface area contributed by atoms with E-state index in [1.807, 2.05) is 6.92 Å². The second kappa shape index (κ2) is 14.2. The molecule has 2 aliphatic heterocycles. The van der Waals surface area contributed by atoms with E-state index in [2.05, 4.69) is 20.6 Å². The van der Waals surface area contributed by atoms with E-state index in [9.17, 15) is 31.5 Å². The second-order valence-electron chi connectivity index (χ2n) is 13.4. The van der Waals surface area contributed by atoms with Gasteiger partial charge in [0.15, 0.2) is 0 Å². The Morgan fingerprint density at radius 2 is 1.98 bits per heavy atom. The normalized spacial score (nSPS) is 24.3. The lowest BCUT2D eigenvalue weighted by atomic mass is 9.81. The summed E-state index contributed by atoms with van der Waals surface area (Å²) in [5.74, 6) is -6.54. The number of fused-ring (bicyclic) bond motifs is 1. The fraction of sp³-hybridized carbons (Fsp3) is 0.688. The number of piperidine rings is 1. The summed E-state index contributed by atoms with van der Waals surface area (Å²) in [5.41, 5.74) is 1.68. The Morgan fingerprint density at radius 1 is 1.20 bits per heavy atom. The van der Waals surface area contributed by atoms with Gasteiger partial charge in [-0.2, -0.15) is 23.4 Å². The van der Waals surface area contributed by atoms with Crippen molar-refractivity contribution in [1.82, 2.24) is 44.9 Å². The van der Waals surface area contributed by atoms with Crippen LogP contribution < -0.4 is 10.6 Å². The number of carbonyl (C=O) groups excluding carboxylic acids is 2. The first kappa shape index (κ1) is 35.1. The maximum Gasteiger partial charge on any atom is 0.393 e. The number of alkyl halides is 5. The summed E-state index contributed by atoms with van der Waals surface area (Å²) >= 11 is 0. The molecule has 5 heterocycles. The van der Waals surface area contributed by atoms with Gasteiger partial charge in [-0.15, -0.1) is 0 Å². The number of halogens is 5. The average molecular weight is 696 g/mol. The Balaban J connectivity index is 1.35. The number of hydrogen-bond donors (Lipinski definition) is 2. The number of aryl methyl sites for hydroxylation is 1. The third kappa shape index (κ3) is 7.87. The molecular weight excluding hydrogens is 653 g/mol. The molecule has 268 valence electrons. The number of nitrogens with one attached hydrogen (secondary N) is 2. The molecule has 2 N–H and O–H groups in total. The van der Waals surface area contributed by atoms with Crippen LogP contribution >= 0.6 is 0 Å². The monoisotopic (exact) mass is 695 g/mol. The molecule has 1 saturated carbocycles. The van der Waals surface area contributed by atoms with Crippen molar-refractivity contribution in [2.45, 2.75) is 82.5 Å². The molecule has 17 heteroatoms. The van der Waals surface area contributed by atoms with Crippen LogP contribution in [0, 0.1) is 17.8 Å². The summed E-state index contributed by atoms with van der Waals surface area (Å²) in [5, 5.41) is 14.4. The van der Waals surface area contributed by atoms with E-state index in [0.29, 0.717) is 49.0 Å². The summed E-state index contributed by atoms with van der Waals surface area (Å²) in [6.45, 7) is 4.46. The smallest absolute Gasteiger partial charge is 0.383 e. The topological polar surface area (TPSA) is 132 Å². The number of carbonyl (C=O) groups is 2. The predicted octanol–water partition coefficient (Wildman–Crippen LogP) is 3.93. The quantitative estimate of drug-likeness (QED) is 0.289. The first-order chi connectivity index (χ1) is 23.3. The van der Waals surface area contributed by atoms with Gasteiger partial charge < -0.3 is 20.3 Å².